The minimum atomic E-state index is 0.585. The first kappa shape index (κ1) is 11.4. The van der Waals surface area contributed by atoms with Crippen molar-refractivity contribution in [2.24, 2.45) is 0 Å². The average molecular weight is 220 g/mol. The zero-order valence-electron chi connectivity index (χ0n) is 10.1. The summed E-state index contributed by atoms with van der Waals surface area (Å²) in [6.07, 6.45) is 8.90. The monoisotopic (exact) mass is 220 g/mol. The summed E-state index contributed by atoms with van der Waals surface area (Å²) in [6.45, 7) is 0. The second-order valence-corrected chi connectivity index (χ2v) is 4.44. The summed E-state index contributed by atoms with van der Waals surface area (Å²) in [7, 11) is 3.74. The number of rotatable bonds is 3. The first-order valence-electron chi connectivity index (χ1n) is 6.01. The molecule has 2 unspecified atom stereocenters. The molecule has 1 saturated carbocycles. The van der Waals surface area contributed by atoms with Crippen molar-refractivity contribution >= 4 is 0 Å². The molecule has 1 aromatic rings. The Hall–Kier alpha value is -1.09. The molecule has 1 aromatic heterocycles. The van der Waals surface area contributed by atoms with Gasteiger partial charge in [-0.2, -0.15) is 0 Å². The zero-order chi connectivity index (χ0) is 11.4. The highest BCUT2D eigenvalue weighted by Crippen LogP contribution is 2.33. The predicted molar refractivity (Wildman–Crippen MR) is 64.8 cm³/mol. The van der Waals surface area contributed by atoms with Gasteiger partial charge < -0.3 is 10.1 Å². The third-order valence-electron chi connectivity index (χ3n) is 3.53. The number of methoxy groups -OCH3 is 1. The molecular weight excluding hydrogens is 200 g/mol. The van der Waals surface area contributed by atoms with Crippen molar-refractivity contribution < 1.29 is 4.74 Å². The highest BCUT2D eigenvalue weighted by atomic mass is 16.5. The predicted octanol–water partition coefficient (Wildman–Crippen LogP) is 2.34. The van der Waals surface area contributed by atoms with Crippen molar-refractivity contribution in [1.82, 2.24) is 10.3 Å². The molecule has 2 atom stereocenters. The maximum atomic E-state index is 5.23. The first-order valence-corrected chi connectivity index (χ1v) is 6.01. The van der Waals surface area contributed by atoms with Crippen LogP contribution in [0.5, 0.6) is 5.75 Å². The van der Waals surface area contributed by atoms with E-state index < -0.39 is 0 Å². The van der Waals surface area contributed by atoms with Crippen molar-refractivity contribution in [3.05, 3.63) is 24.0 Å². The van der Waals surface area contributed by atoms with Gasteiger partial charge in [0.1, 0.15) is 5.75 Å². The summed E-state index contributed by atoms with van der Waals surface area (Å²) in [5.74, 6) is 1.44. The lowest BCUT2D eigenvalue weighted by Gasteiger charge is -2.31. The Balaban J connectivity index is 2.20. The summed E-state index contributed by atoms with van der Waals surface area (Å²) in [5.41, 5.74) is 1.30. The van der Waals surface area contributed by atoms with Crippen LogP contribution in [0.4, 0.5) is 0 Å². The van der Waals surface area contributed by atoms with E-state index in [1.165, 1.54) is 31.2 Å². The molecule has 0 amide bonds. The van der Waals surface area contributed by atoms with Gasteiger partial charge >= 0.3 is 0 Å². The van der Waals surface area contributed by atoms with Crippen LogP contribution in [0.15, 0.2) is 18.5 Å². The zero-order valence-corrected chi connectivity index (χ0v) is 10.1. The van der Waals surface area contributed by atoms with E-state index in [0.29, 0.717) is 12.0 Å². The van der Waals surface area contributed by atoms with Gasteiger partial charge in [-0.25, -0.2) is 0 Å². The fourth-order valence-electron chi connectivity index (χ4n) is 2.63. The topological polar surface area (TPSA) is 34.2 Å². The van der Waals surface area contributed by atoms with E-state index in [4.69, 9.17) is 4.74 Å². The van der Waals surface area contributed by atoms with E-state index in [1.54, 1.807) is 13.3 Å². The molecule has 1 heterocycles. The van der Waals surface area contributed by atoms with Crippen molar-refractivity contribution in [3.8, 4) is 5.75 Å². The Morgan fingerprint density at radius 3 is 2.88 bits per heavy atom. The Morgan fingerprint density at radius 2 is 2.12 bits per heavy atom. The van der Waals surface area contributed by atoms with Crippen LogP contribution in [0, 0.1) is 0 Å². The molecule has 16 heavy (non-hydrogen) atoms. The van der Waals surface area contributed by atoms with Crippen molar-refractivity contribution in [3.63, 3.8) is 0 Å². The average Bonchev–Trinajstić information content (AvgIpc) is 2.38. The number of hydrogen-bond acceptors (Lipinski definition) is 3. The number of ether oxygens (including phenoxy) is 1. The van der Waals surface area contributed by atoms with Gasteiger partial charge in [0.25, 0.3) is 0 Å². The molecule has 0 spiro atoms. The van der Waals surface area contributed by atoms with Gasteiger partial charge in [-0.3, -0.25) is 4.98 Å². The molecule has 3 nitrogen and oxygen atoms in total. The molecule has 1 N–H and O–H groups in total. The lowest BCUT2D eigenvalue weighted by atomic mass is 9.80. The van der Waals surface area contributed by atoms with Crippen LogP contribution < -0.4 is 10.1 Å². The van der Waals surface area contributed by atoms with Crippen molar-refractivity contribution in [2.45, 2.75) is 37.6 Å². The molecule has 3 heteroatoms. The maximum Gasteiger partial charge on any atom is 0.137 e. The third-order valence-corrected chi connectivity index (χ3v) is 3.53. The maximum absolute atomic E-state index is 5.23. The van der Waals surface area contributed by atoms with E-state index in [0.717, 1.165) is 5.75 Å². The van der Waals surface area contributed by atoms with Gasteiger partial charge in [0.2, 0.25) is 0 Å². The van der Waals surface area contributed by atoms with E-state index in [9.17, 15) is 0 Å². The van der Waals surface area contributed by atoms with Crippen molar-refractivity contribution in [2.75, 3.05) is 14.2 Å². The lowest BCUT2D eigenvalue weighted by Crippen LogP contribution is -2.34. The fraction of sp³-hybridized carbons (Fsp3) is 0.615. The molecule has 0 aliphatic heterocycles. The number of hydrogen-bond donors (Lipinski definition) is 1. The van der Waals surface area contributed by atoms with Gasteiger partial charge in [0, 0.05) is 18.2 Å². The number of likely N-dealkylation sites (N-methyl/N-ethyl adjacent to an activating group) is 1. The second-order valence-electron chi connectivity index (χ2n) is 4.44. The summed E-state index contributed by atoms with van der Waals surface area (Å²) >= 11 is 0. The molecule has 0 aromatic carbocycles. The van der Waals surface area contributed by atoms with Crippen LogP contribution in [-0.4, -0.2) is 25.2 Å². The van der Waals surface area contributed by atoms with Crippen LogP contribution >= 0.6 is 0 Å². The van der Waals surface area contributed by atoms with Crippen LogP contribution in [0.25, 0.3) is 0 Å². The molecule has 0 saturated heterocycles. The second kappa shape index (κ2) is 5.30. The molecule has 0 radical (unpaired) electrons. The Bertz CT molecular complexity index is 340. The third kappa shape index (κ3) is 2.35. The Morgan fingerprint density at radius 1 is 1.31 bits per heavy atom. The van der Waals surface area contributed by atoms with Gasteiger partial charge in [0.05, 0.1) is 13.3 Å². The highest BCUT2D eigenvalue weighted by molar-refractivity contribution is 5.27. The van der Waals surface area contributed by atoms with E-state index in [2.05, 4.69) is 23.4 Å². The number of pyridine rings is 1. The van der Waals surface area contributed by atoms with Crippen molar-refractivity contribution in [1.29, 1.82) is 0 Å². The standard InChI is InChI=1S/C13H20N2O/c1-14-13-6-4-3-5-12(13)10-7-11(16-2)9-15-8-10/h7-9,12-14H,3-6H2,1-2H3. The smallest absolute Gasteiger partial charge is 0.137 e. The van der Waals surface area contributed by atoms with E-state index in [-0.39, 0.29) is 0 Å². The normalized spacial score (nSPS) is 25.4. The van der Waals surface area contributed by atoms with Crippen LogP contribution in [0.1, 0.15) is 37.2 Å². The number of nitrogens with zero attached hydrogens (tertiary/aromatic N) is 1. The molecular formula is C13H20N2O. The molecule has 1 aliphatic carbocycles. The summed E-state index contributed by atoms with van der Waals surface area (Å²) in [6, 6.07) is 2.70. The molecule has 1 fully saturated rings. The van der Waals surface area contributed by atoms with Crippen LogP contribution in [0.2, 0.25) is 0 Å². The quantitative estimate of drug-likeness (QED) is 0.849. The molecule has 88 valence electrons. The fourth-order valence-corrected chi connectivity index (χ4v) is 2.63. The van der Waals surface area contributed by atoms with Crippen LogP contribution in [-0.2, 0) is 0 Å². The minimum absolute atomic E-state index is 0.585. The van der Waals surface area contributed by atoms with Gasteiger partial charge in [-0.1, -0.05) is 12.8 Å². The number of aromatic nitrogens is 1. The minimum Gasteiger partial charge on any atom is -0.495 e. The largest absolute Gasteiger partial charge is 0.495 e. The summed E-state index contributed by atoms with van der Waals surface area (Å²) < 4.78 is 5.23. The lowest BCUT2D eigenvalue weighted by molar-refractivity contribution is 0.342. The Labute approximate surface area is 97.2 Å². The molecule has 2 rings (SSSR count). The van der Waals surface area contributed by atoms with E-state index >= 15 is 0 Å². The summed E-state index contributed by atoms with van der Waals surface area (Å²) in [4.78, 5) is 4.25. The van der Waals surface area contributed by atoms with Gasteiger partial charge in [-0.05, 0) is 31.5 Å². The van der Waals surface area contributed by atoms with E-state index in [1.807, 2.05) is 6.20 Å². The molecule has 0 bridgehead atoms. The Kier molecular flexibility index (Phi) is 3.78. The first-order chi connectivity index (χ1) is 7.85. The van der Waals surface area contributed by atoms with Gasteiger partial charge in [0.15, 0.2) is 0 Å². The van der Waals surface area contributed by atoms with Gasteiger partial charge in [-0.15, -0.1) is 0 Å². The highest BCUT2D eigenvalue weighted by Gasteiger charge is 2.25. The number of nitrogens with one attached hydrogen (secondary N) is 1. The SMILES string of the molecule is CNC1CCCCC1c1cncc(OC)c1. The summed E-state index contributed by atoms with van der Waals surface area (Å²) in [5, 5.41) is 3.42. The van der Waals surface area contributed by atoms with Crippen LogP contribution in [0.3, 0.4) is 0 Å². The molecule has 1 aliphatic rings.